The zero-order valence-corrected chi connectivity index (χ0v) is 35.7. The van der Waals surface area contributed by atoms with Crippen molar-refractivity contribution in [3.63, 3.8) is 0 Å². The molecule has 0 spiro atoms. The Balaban J connectivity index is 1.48. The topological polar surface area (TPSA) is 261 Å². The lowest BCUT2D eigenvalue weighted by Gasteiger charge is -2.32. The van der Waals surface area contributed by atoms with Gasteiger partial charge in [0.2, 0.25) is 17.7 Å². The number of nitrogens with zero attached hydrogens (tertiary/aromatic N) is 3. The molecule has 17 nitrogen and oxygen atoms in total. The minimum absolute atomic E-state index is 0.0136. The van der Waals surface area contributed by atoms with Gasteiger partial charge in [0.15, 0.2) is 5.82 Å². The fourth-order valence-electron chi connectivity index (χ4n) is 7.23. The molecule has 0 saturated carbocycles. The van der Waals surface area contributed by atoms with E-state index in [1.165, 1.54) is 32.2 Å². The van der Waals surface area contributed by atoms with Crippen LogP contribution >= 0.6 is 0 Å². The van der Waals surface area contributed by atoms with Crippen molar-refractivity contribution >= 4 is 29.6 Å². The third-order valence-electron chi connectivity index (χ3n) is 10.5. The third kappa shape index (κ3) is 11.2. The van der Waals surface area contributed by atoms with Crippen LogP contribution in [0.2, 0.25) is 0 Å². The second-order valence-corrected chi connectivity index (χ2v) is 15.2. The van der Waals surface area contributed by atoms with Crippen LogP contribution in [0.4, 0.5) is 0 Å². The zero-order chi connectivity index (χ0) is 45.1. The number of ether oxygens (including phenoxy) is 2. The summed E-state index contributed by atoms with van der Waals surface area (Å²) in [6.45, 7) is 7.76. The van der Waals surface area contributed by atoms with Gasteiger partial charge in [0.05, 0.1) is 23.6 Å². The molecule has 3 aromatic carbocycles. The first-order valence-electron chi connectivity index (χ1n) is 20.7. The minimum atomic E-state index is -1.44. The standard InChI is InChI=1S/C45H56N8O9/c1-6-7-8-20-61-31-13-10-29(11-14-31)40-48-25(2)38(26(3)49-40)42(56)51-34(17-18-46)44(58)53(5)39-30-12-15-36(54)32(24-30)33-22-28(9-16-37(33)62-21-19-47)23-35(45(59)60)52-41(55)27(4)50-43(39)57/h9-16,22,24,27,34-35,39,54H,6-8,17-21,23,46-47H2,1-5H3,(H,50,57)(H,51,56)(H,52,55)(H,59,60). The Labute approximate surface area is 360 Å². The second-order valence-electron chi connectivity index (χ2n) is 15.2. The zero-order valence-electron chi connectivity index (χ0n) is 35.7. The Bertz CT molecular complexity index is 2250. The molecule has 0 fully saturated rings. The summed E-state index contributed by atoms with van der Waals surface area (Å²) in [6.07, 6.45) is 3.01. The number of benzene rings is 3. The van der Waals surface area contributed by atoms with E-state index in [1.807, 2.05) is 24.3 Å². The Morgan fingerprint density at radius 2 is 1.61 bits per heavy atom. The van der Waals surface area contributed by atoms with Crippen LogP contribution in [0.1, 0.15) is 78.4 Å². The van der Waals surface area contributed by atoms with Crippen molar-refractivity contribution in [3.8, 4) is 39.8 Å². The van der Waals surface area contributed by atoms with E-state index in [4.69, 9.17) is 20.9 Å². The van der Waals surface area contributed by atoms with Gasteiger partial charge >= 0.3 is 5.97 Å². The van der Waals surface area contributed by atoms with Gasteiger partial charge in [-0.2, -0.15) is 0 Å². The molecule has 62 heavy (non-hydrogen) atoms. The van der Waals surface area contributed by atoms with Crippen LogP contribution in [0.3, 0.4) is 0 Å². The Hall–Kier alpha value is -6.59. The van der Waals surface area contributed by atoms with E-state index < -0.39 is 53.8 Å². The number of carbonyl (C=O) groups excluding carboxylic acids is 4. The SMILES string of the molecule is CCCCCOc1ccc(-c2nc(C)c(C(=O)NC(CCN)C(=O)N(C)C3C(=O)NC(C)C(=O)NC(C(=O)O)Cc4ccc(OCCN)c(c4)-c4cc3ccc4O)c(C)n2)cc1. The lowest BCUT2D eigenvalue weighted by molar-refractivity contribution is -0.143. The number of carbonyl (C=O) groups is 5. The van der Waals surface area contributed by atoms with E-state index >= 15 is 0 Å². The number of hydrogen-bond donors (Lipinski definition) is 7. The summed E-state index contributed by atoms with van der Waals surface area (Å²) < 4.78 is 11.7. The molecule has 1 aliphatic heterocycles. The number of carboxylic acid groups (broad SMARTS) is 1. The van der Waals surface area contributed by atoms with Crippen LogP contribution in [0, 0.1) is 13.8 Å². The third-order valence-corrected chi connectivity index (χ3v) is 10.5. The van der Waals surface area contributed by atoms with Crippen molar-refractivity contribution in [2.45, 2.75) is 84.0 Å². The van der Waals surface area contributed by atoms with Gasteiger partial charge in [-0.1, -0.05) is 31.9 Å². The van der Waals surface area contributed by atoms with Gasteiger partial charge < -0.3 is 52.0 Å². The van der Waals surface area contributed by atoms with Crippen molar-refractivity contribution < 1.29 is 43.7 Å². The molecule has 330 valence electrons. The van der Waals surface area contributed by atoms with Crippen molar-refractivity contribution in [3.05, 3.63) is 88.7 Å². The fraction of sp³-hybridized carbons (Fsp3) is 0.400. The molecule has 1 aliphatic rings. The molecule has 4 bridgehead atoms. The summed E-state index contributed by atoms with van der Waals surface area (Å²) in [7, 11) is 1.37. The van der Waals surface area contributed by atoms with Crippen LogP contribution in [0.15, 0.2) is 60.7 Å². The molecule has 9 N–H and O–H groups in total. The van der Waals surface area contributed by atoms with Gasteiger partial charge in [-0.25, -0.2) is 14.8 Å². The summed E-state index contributed by atoms with van der Waals surface area (Å²) >= 11 is 0. The Morgan fingerprint density at radius 1 is 0.903 bits per heavy atom. The first-order valence-corrected chi connectivity index (χ1v) is 20.7. The minimum Gasteiger partial charge on any atom is -0.507 e. The average Bonchev–Trinajstić information content (AvgIpc) is 3.24. The summed E-state index contributed by atoms with van der Waals surface area (Å²) in [5, 5.41) is 29.1. The summed E-state index contributed by atoms with van der Waals surface area (Å²) in [5.74, 6) is -2.97. The van der Waals surface area contributed by atoms with E-state index in [1.54, 1.807) is 32.0 Å². The number of aromatic hydroxyl groups is 1. The highest BCUT2D eigenvalue weighted by atomic mass is 16.5. The van der Waals surface area contributed by atoms with Gasteiger partial charge in [-0.3, -0.25) is 19.2 Å². The largest absolute Gasteiger partial charge is 0.507 e. The molecule has 0 saturated heterocycles. The van der Waals surface area contributed by atoms with Crippen molar-refractivity contribution in [2.75, 3.05) is 33.4 Å². The number of phenols is 1. The Morgan fingerprint density at radius 3 is 2.26 bits per heavy atom. The molecule has 17 heteroatoms. The number of nitrogens with two attached hydrogens (primary N) is 2. The highest BCUT2D eigenvalue weighted by Gasteiger charge is 2.36. The average molecular weight is 853 g/mol. The molecule has 4 aromatic rings. The number of nitrogens with one attached hydrogen (secondary N) is 3. The molecular formula is C45H56N8O9. The summed E-state index contributed by atoms with van der Waals surface area (Å²) in [4.78, 5) is 78.8. The highest BCUT2D eigenvalue weighted by Crippen LogP contribution is 2.39. The molecule has 0 radical (unpaired) electrons. The summed E-state index contributed by atoms with van der Waals surface area (Å²) in [5.41, 5.74) is 14.6. The number of aryl methyl sites for hydroxylation is 2. The molecule has 5 rings (SSSR count). The maximum atomic E-state index is 14.5. The fourth-order valence-corrected chi connectivity index (χ4v) is 7.23. The number of unbranched alkanes of at least 4 members (excludes halogenated alkanes) is 2. The quantitative estimate of drug-likeness (QED) is 0.0800. The van der Waals surface area contributed by atoms with Crippen LogP contribution in [0.5, 0.6) is 17.2 Å². The van der Waals surface area contributed by atoms with Crippen LogP contribution in [-0.4, -0.2) is 106 Å². The smallest absolute Gasteiger partial charge is 0.326 e. The van der Waals surface area contributed by atoms with Gasteiger partial charge in [-0.05, 0) is 99.8 Å². The van der Waals surface area contributed by atoms with Crippen LogP contribution < -0.4 is 36.9 Å². The predicted octanol–water partition coefficient (Wildman–Crippen LogP) is 3.32. The summed E-state index contributed by atoms with van der Waals surface area (Å²) in [6, 6.07) is 11.3. The number of aliphatic carboxylic acids is 1. The molecule has 4 unspecified atom stereocenters. The van der Waals surface area contributed by atoms with E-state index in [2.05, 4.69) is 32.8 Å². The number of amides is 4. The number of likely N-dealkylation sites (N-methyl/N-ethyl adjacent to an activating group) is 1. The first kappa shape index (κ1) is 46.5. The number of phenolic OH excluding ortho intramolecular Hbond substituents is 1. The predicted molar refractivity (Wildman–Crippen MR) is 231 cm³/mol. The molecule has 2 heterocycles. The Kier molecular flexibility index (Phi) is 15.9. The van der Waals surface area contributed by atoms with Gasteiger partial charge in [0, 0.05) is 36.7 Å². The molecule has 0 aliphatic carbocycles. The van der Waals surface area contributed by atoms with Crippen LogP contribution in [-0.2, 0) is 25.6 Å². The molecule has 1 aromatic heterocycles. The normalized spacial score (nSPS) is 16.9. The lowest BCUT2D eigenvalue weighted by atomic mass is 9.93. The first-order chi connectivity index (χ1) is 29.7. The number of fused-ring (bicyclic) bond motifs is 5. The number of hydrogen-bond acceptors (Lipinski definition) is 12. The van der Waals surface area contributed by atoms with E-state index in [-0.39, 0.29) is 55.0 Å². The van der Waals surface area contributed by atoms with Crippen molar-refractivity contribution in [1.29, 1.82) is 0 Å². The maximum absolute atomic E-state index is 14.5. The maximum Gasteiger partial charge on any atom is 0.326 e. The number of aromatic nitrogens is 2. The van der Waals surface area contributed by atoms with Gasteiger partial charge in [0.25, 0.3) is 5.91 Å². The van der Waals surface area contributed by atoms with E-state index in [0.717, 1.165) is 35.5 Å². The number of carboxylic acids is 1. The highest BCUT2D eigenvalue weighted by molar-refractivity contribution is 6.00. The van der Waals surface area contributed by atoms with Crippen LogP contribution in [0.25, 0.3) is 22.5 Å². The van der Waals surface area contributed by atoms with Gasteiger partial charge in [0.1, 0.15) is 48.0 Å². The van der Waals surface area contributed by atoms with Gasteiger partial charge in [-0.15, -0.1) is 0 Å². The lowest BCUT2D eigenvalue weighted by Crippen LogP contribution is -2.55. The van der Waals surface area contributed by atoms with Crippen molar-refractivity contribution in [1.82, 2.24) is 30.8 Å². The number of rotatable bonds is 16. The van der Waals surface area contributed by atoms with Crippen molar-refractivity contribution in [2.24, 2.45) is 11.5 Å². The van der Waals surface area contributed by atoms with E-state index in [0.29, 0.717) is 40.7 Å². The molecular weight excluding hydrogens is 797 g/mol. The second kappa shape index (κ2) is 21.3. The molecule has 4 atom stereocenters. The van der Waals surface area contributed by atoms with E-state index in [9.17, 15) is 34.2 Å². The molecule has 4 amide bonds. The monoisotopic (exact) mass is 852 g/mol.